The fraction of sp³-hybridized carbons (Fsp3) is 0.364. The Hall–Kier alpha value is -3.22. The first kappa shape index (κ1) is 22.1. The summed E-state index contributed by atoms with van der Waals surface area (Å²) in [6.45, 7) is 2.28. The summed E-state index contributed by atoms with van der Waals surface area (Å²) < 4.78 is 20.9. The molecule has 0 N–H and O–H groups in total. The third kappa shape index (κ3) is 5.40. The van der Waals surface area contributed by atoms with E-state index in [9.17, 15) is 9.59 Å². The number of nitrogens with zero attached hydrogens (tertiary/aromatic N) is 1. The normalized spacial score (nSPS) is 11.3. The van der Waals surface area contributed by atoms with E-state index in [2.05, 4.69) is 0 Å². The van der Waals surface area contributed by atoms with Gasteiger partial charge in [-0.1, -0.05) is 37.3 Å². The van der Waals surface area contributed by atoms with Crippen molar-refractivity contribution in [3.05, 3.63) is 53.6 Å². The summed E-state index contributed by atoms with van der Waals surface area (Å²) in [6, 6.07) is 12.8. The van der Waals surface area contributed by atoms with Gasteiger partial charge in [0.2, 0.25) is 5.75 Å². The molecule has 0 aliphatic carbocycles. The molecule has 0 aliphatic rings. The molecule has 2 rings (SSSR count). The molecule has 0 saturated heterocycles. The first-order chi connectivity index (χ1) is 13.9. The Bertz CT molecular complexity index is 811. The topological polar surface area (TPSA) is 74.3 Å². The van der Waals surface area contributed by atoms with Crippen molar-refractivity contribution >= 4 is 11.9 Å². The fourth-order valence-corrected chi connectivity index (χ4v) is 3.02. The minimum absolute atomic E-state index is 0.205. The number of hydrogen-bond acceptors (Lipinski definition) is 6. The number of hydrogen-bond donors (Lipinski definition) is 0. The number of methoxy groups -OCH3 is 4. The second kappa shape index (κ2) is 10.4. The van der Waals surface area contributed by atoms with Crippen LogP contribution in [-0.4, -0.2) is 51.8 Å². The molecule has 0 bridgehead atoms. The smallest absolute Gasteiger partial charge is 0.310 e. The number of carbonyl (C=O) groups is 2. The number of esters is 1. The van der Waals surface area contributed by atoms with Crippen LogP contribution in [0.3, 0.4) is 0 Å². The summed E-state index contributed by atoms with van der Waals surface area (Å²) in [6.07, 6.45) is 0. The average Bonchev–Trinajstić information content (AvgIpc) is 2.76. The molecule has 7 heteroatoms. The molecule has 2 aromatic carbocycles. The third-order valence-electron chi connectivity index (χ3n) is 4.51. The summed E-state index contributed by atoms with van der Waals surface area (Å²) in [5.41, 5.74) is 1.32. The maximum absolute atomic E-state index is 13.4. The van der Waals surface area contributed by atoms with Crippen LogP contribution >= 0.6 is 0 Å². The van der Waals surface area contributed by atoms with E-state index in [1.54, 1.807) is 24.0 Å². The molecule has 0 spiro atoms. The van der Waals surface area contributed by atoms with Gasteiger partial charge in [-0.05, 0) is 17.7 Å². The van der Waals surface area contributed by atoms with Crippen molar-refractivity contribution in [3.8, 4) is 17.2 Å². The summed E-state index contributed by atoms with van der Waals surface area (Å²) in [5, 5.41) is 0. The van der Waals surface area contributed by atoms with Gasteiger partial charge in [0.15, 0.2) is 11.5 Å². The number of benzene rings is 2. The second-order valence-corrected chi connectivity index (χ2v) is 6.51. The van der Waals surface area contributed by atoms with Gasteiger partial charge in [0.25, 0.3) is 5.91 Å². The highest BCUT2D eigenvalue weighted by Gasteiger charge is 2.25. The maximum atomic E-state index is 13.4. The van der Waals surface area contributed by atoms with Crippen LogP contribution in [0.25, 0.3) is 0 Å². The van der Waals surface area contributed by atoms with Crippen LogP contribution in [0.4, 0.5) is 0 Å². The highest BCUT2D eigenvalue weighted by atomic mass is 16.5. The Morgan fingerprint density at radius 2 is 1.52 bits per heavy atom. The van der Waals surface area contributed by atoms with Crippen LogP contribution in [0.1, 0.15) is 22.8 Å². The van der Waals surface area contributed by atoms with Crippen molar-refractivity contribution in [3.63, 3.8) is 0 Å². The molecular weight excluding hydrogens is 374 g/mol. The van der Waals surface area contributed by atoms with Crippen LogP contribution in [0.15, 0.2) is 42.5 Å². The van der Waals surface area contributed by atoms with E-state index < -0.39 is 5.92 Å². The van der Waals surface area contributed by atoms with Gasteiger partial charge in [-0.15, -0.1) is 0 Å². The van der Waals surface area contributed by atoms with E-state index in [1.165, 1.54) is 28.4 Å². The molecule has 0 fully saturated rings. The SMILES string of the molecule is COC(=O)C(C)CN(Cc1ccccc1)C(=O)c1cc(OC)c(OC)c(OC)c1. The van der Waals surface area contributed by atoms with Gasteiger partial charge in [0, 0.05) is 18.7 Å². The van der Waals surface area contributed by atoms with E-state index in [1.807, 2.05) is 30.3 Å². The number of amides is 1. The molecule has 1 amide bonds. The lowest BCUT2D eigenvalue weighted by Gasteiger charge is -2.26. The minimum Gasteiger partial charge on any atom is -0.493 e. The zero-order valence-corrected chi connectivity index (χ0v) is 17.4. The number of carbonyl (C=O) groups excluding carboxylic acids is 2. The van der Waals surface area contributed by atoms with E-state index in [4.69, 9.17) is 18.9 Å². The monoisotopic (exact) mass is 401 g/mol. The predicted molar refractivity (Wildman–Crippen MR) is 108 cm³/mol. The summed E-state index contributed by atoms with van der Waals surface area (Å²) in [5.74, 6) is 0.0650. The molecule has 0 aromatic heterocycles. The van der Waals surface area contributed by atoms with E-state index in [-0.39, 0.29) is 18.4 Å². The van der Waals surface area contributed by atoms with E-state index >= 15 is 0 Å². The molecule has 29 heavy (non-hydrogen) atoms. The second-order valence-electron chi connectivity index (χ2n) is 6.51. The van der Waals surface area contributed by atoms with E-state index in [0.717, 1.165) is 5.56 Å². The highest BCUT2D eigenvalue weighted by molar-refractivity contribution is 5.96. The van der Waals surface area contributed by atoms with Gasteiger partial charge in [0.1, 0.15) is 0 Å². The predicted octanol–water partition coefficient (Wildman–Crippen LogP) is 3.16. The average molecular weight is 401 g/mol. The van der Waals surface area contributed by atoms with Gasteiger partial charge >= 0.3 is 5.97 Å². The summed E-state index contributed by atoms with van der Waals surface area (Å²) in [7, 11) is 5.82. The number of rotatable bonds is 9. The first-order valence-corrected chi connectivity index (χ1v) is 9.16. The Labute approximate surface area is 171 Å². The Morgan fingerprint density at radius 3 is 2.00 bits per heavy atom. The molecule has 0 saturated carbocycles. The Morgan fingerprint density at radius 1 is 0.931 bits per heavy atom. The standard InChI is InChI=1S/C22H27NO6/c1-15(22(25)29-5)13-23(14-16-9-7-6-8-10-16)21(24)17-11-18(26-2)20(28-4)19(12-17)27-3/h6-12,15H,13-14H2,1-5H3. The lowest BCUT2D eigenvalue weighted by Crippen LogP contribution is -2.37. The van der Waals surface area contributed by atoms with Gasteiger partial charge in [0.05, 0.1) is 34.4 Å². The third-order valence-corrected chi connectivity index (χ3v) is 4.51. The Kier molecular flexibility index (Phi) is 7.88. The van der Waals surface area contributed by atoms with Crippen molar-refractivity contribution in [2.45, 2.75) is 13.5 Å². The molecule has 0 radical (unpaired) electrons. The van der Waals surface area contributed by atoms with Gasteiger partial charge in [-0.3, -0.25) is 9.59 Å². The summed E-state index contributed by atoms with van der Waals surface area (Å²) >= 11 is 0. The van der Waals surface area contributed by atoms with Crippen LogP contribution < -0.4 is 14.2 Å². The Balaban J connectivity index is 2.41. The van der Waals surface area contributed by atoms with Crippen molar-refractivity contribution in [2.75, 3.05) is 35.0 Å². The van der Waals surface area contributed by atoms with Crippen molar-refractivity contribution in [1.29, 1.82) is 0 Å². The number of ether oxygens (including phenoxy) is 4. The lowest BCUT2D eigenvalue weighted by molar-refractivity contribution is -0.145. The van der Waals surface area contributed by atoms with Gasteiger partial charge in [-0.25, -0.2) is 0 Å². The largest absolute Gasteiger partial charge is 0.493 e. The van der Waals surface area contributed by atoms with E-state index in [0.29, 0.717) is 29.4 Å². The maximum Gasteiger partial charge on any atom is 0.310 e. The van der Waals surface area contributed by atoms with Gasteiger partial charge < -0.3 is 23.8 Å². The zero-order valence-electron chi connectivity index (χ0n) is 17.4. The van der Waals surface area contributed by atoms with Gasteiger partial charge in [-0.2, -0.15) is 0 Å². The highest BCUT2D eigenvalue weighted by Crippen LogP contribution is 2.38. The van der Waals surface area contributed by atoms with Crippen molar-refractivity contribution in [2.24, 2.45) is 5.92 Å². The van der Waals surface area contributed by atoms with Crippen LogP contribution in [-0.2, 0) is 16.1 Å². The lowest BCUT2D eigenvalue weighted by atomic mass is 10.1. The van der Waals surface area contributed by atoms with Crippen LogP contribution in [0.2, 0.25) is 0 Å². The van der Waals surface area contributed by atoms with Crippen LogP contribution in [0, 0.1) is 5.92 Å². The fourth-order valence-electron chi connectivity index (χ4n) is 3.02. The zero-order chi connectivity index (χ0) is 21.4. The molecular formula is C22H27NO6. The molecule has 1 unspecified atom stereocenters. The summed E-state index contributed by atoms with van der Waals surface area (Å²) in [4.78, 5) is 26.9. The molecule has 0 aliphatic heterocycles. The van der Waals surface area contributed by atoms with Crippen molar-refractivity contribution < 1.29 is 28.5 Å². The molecule has 156 valence electrons. The minimum atomic E-state index is -0.477. The van der Waals surface area contributed by atoms with Crippen LogP contribution in [0.5, 0.6) is 17.2 Å². The van der Waals surface area contributed by atoms with Crippen molar-refractivity contribution in [1.82, 2.24) is 4.90 Å². The quantitative estimate of drug-likeness (QED) is 0.601. The first-order valence-electron chi connectivity index (χ1n) is 9.16. The molecule has 0 heterocycles. The molecule has 7 nitrogen and oxygen atoms in total. The molecule has 1 atom stereocenters. The molecule has 2 aromatic rings.